The van der Waals surface area contributed by atoms with Gasteiger partial charge in [-0.1, -0.05) is 0 Å². The van der Waals surface area contributed by atoms with Crippen molar-refractivity contribution >= 4 is 5.69 Å². The van der Waals surface area contributed by atoms with Gasteiger partial charge in [0.2, 0.25) is 0 Å². The second-order valence-corrected chi connectivity index (χ2v) is 4.55. The first-order valence-electron chi connectivity index (χ1n) is 6.43. The van der Waals surface area contributed by atoms with Crippen LogP contribution in [0.2, 0.25) is 0 Å². The number of anilines is 1. The van der Waals surface area contributed by atoms with E-state index < -0.39 is 0 Å². The summed E-state index contributed by atoms with van der Waals surface area (Å²) in [5.41, 5.74) is 1.11. The number of nitrogens with one attached hydrogen (secondary N) is 2. The Morgan fingerprint density at radius 2 is 2.00 bits per heavy atom. The monoisotopic (exact) mass is 245 g/mol. The Labute approximate surface area is 108 Å². The van der Waals surface area contributed by atoms with Gasteiger partial charge in [-0.2, -0.15) is 5.26 Å². The molecule has 1 fully saturated rings. The first-order valence-corrected chi connectivity index (χ1v) is 6.43. The largest absolute Gasteiger partial charge is 0.479 e. The Kier molecular flexibility index (Phi) is 4.86. The van der Waals surface area contributed by atoms with Crippen molar-refractivity contribution in [2.24, 2.45) is 5.92 Å². The van der Waals surface area contributed by atoms with Crippen molar-refractivity contribution in [1.29, 1.82) is 5.26 Å². The minimum absolute atomic E-state index is 0.0991. The van der Waals surface area contributed by atoms with E-state index in [2.05, 4.69) is 10.6 Å². The van der Waals surface area contributed by atoms with Gasteiger partial charge in [0.05, 0.1) is 0 Å². The third-order valence-electron chi connectivity index (χ3n) is 3.21. The van der Waals surface area contributed by atoms with E-state index in [1.54, 1.807) is 0 Å². The predicted octanol–water partition coefficient (Wildman–Crippen LogP) is 2.00. The summed E-state index contributed by atoms with van der Waals surface area (Å²) in [4.78, 5) is 0. The summed E-state index contributed by atoms with van der Waals surface area (Å²) >= 11 is 0. The van der Waals surface area contributed by atoms with E-state index in [4.69, 9.17) is 10.00 Å². The lowest BCUT2D eigenvalue weighted by Crippen LogP contribution is -2.31. The molecule has 1 heterocycles. The Morgan fingerprint density at radius 3 is 2.67 bits per heavy atom. The zero-order chi connectivity index (χ0) is 12.6. The highest BCUT2D eigenvalue weighted by Crippen LogP contribution is 2.17. The molecule has 0 saturated carbocycles. The molecule has 0 spiro atoms. The average molecular weight is 245 g/mol. The van der Waals surface area contributed by atoms with Crippen molar-refractivity contribution in [3.8, 4) is 11.8 Å². The van der Waals surface area contributed by atoms with Crippen LogP contribution in [0.1, 0.15) is 12.8 Å². The van der Waals surface area contributed by atoms with Gasteiger partial charge in [0, 0.05) is 12.2 Å². The molecule has 18 heavy (non-hydrogen) atoms. The second-order valence-electron chi connectivity index (χ2n) is 4.55. The number of piperidine rings is 1. The van der Waals surface area contributed by atoms with E-state index in [0.29, 0.717) is 0 Å². The summed E-state index contributed by atoms with van der Waals surface area (Å²) in [5, 5.41) is 15.2. The third kappa shape index (κ3) is 3.94. The predicted molar refractivity (Wildman–Crippen MR) is 71.6 cm³/mol. The van der Waals surface area contributed by atoms with Gasteiger partial charge in [-0.3, -0.25) is 0 Å². The zero-order valence-corrected chi connectivity index (χ0v) is 10.5. The number of benzene rings is 1. The second kappa shape index (κ2) is 6.87. The number of nitriles is 1. The normalized spacial score (nSPS) is 15.9. The molecule has 1 aromatic rings. The Morgan fingerprint density at radius 1 is 1.28 bits per heavy atom. The maximum Gasteiger partial charge on any atom is 0.174 e. The molecule has 0 aliphatic carbocycles. The van der Waals surface area contributed by atoms with Crippen LogP contribution in [-0.2, 0) is 0 Å². The van der Waals surface area contributed by atoms with Crippen LogP contribution in [-0.4, -0.2) is 26.2 Å². The lowest BCUT2D eigenvalue weighted by atomic mass is 9.98. The lowest BCUT2D eigenvalue weighted by molar-refractivity contribution is 0.368. The fourth-order valence-corrected chi connectivity index (χ4v) is 2.13. The Hall–Kier alpha value is -1.73. The lowest BCUT2D eigenvalue weighted by Gasteiger charge is -2.23. The van der Waals surface area contributed by atoms with Crippen LogP contribution < -0.4 is 15.4 Å². The number of nitrogens with zero attached hydrogens (tertiary/aromatic N) is 1. The molecular weight excluding hydrogens is 226 g/mol. The van der Waals surface area contributed by atoms with E-state index in [1.165, 1.54) is 12.8 Å². The molecule has 1 aliphatic rings. The highest BCUT2D eigenvalue weighted by molar-refractivity contribution is 5.46. The van der Waals surface area contributed by atoms with E-state index >= 15 is 0 Å². The van der Waals surface area contributed by atoms with Crippen LogP contribution in [0.3, 0.4) is 0 Å². The van der Waals surface area contributed by atoms with E-state index in [-0.39, 0.29) is 6.61 Å². The molecule has 96 valence electrons. The zero-order valence-electron chi connectivity index (χ0n) is 10.5. The standard InChI is InChI=1S/C14H19N3O/c15-7-10-18-14-3-1-13(2-4-14)17-11-12-5-8-16-9-6-12/h1-4,12,16-17H,5-6,8-11H2. The van der Waals surface area contributed by atoms with Gasteiger partial charge in [-0.25, -0.2) is 0 Å². The summed E-state index contributed by atoms with van der Waals surface area (Å²) in [7, 11) is 0. The van der Waals surface area contributed by atoms with Gasteiger partial charge in [-0.05, 0) is 56.1 Å². The molecule has 1 aromatic carbocycles. The Balaban J connectivity index is 1.77. The maximum atomic E-state index is 8.42. The summed E-state index contributed by atoms with van der Waals surface area (Å²) in [6, 6.07) is 9.72. The van der Waals surface area contributed by atoms with Crippen LogP contribution in [0.25, 0.3) is 0 Å². The van der Waals surface area contributed by atoms with E-state index in [0.717, 1.165) is 37.0 Å². The molecular formula is C14H19N3O. The summed E-state index contributed by atoms with van der Waals surface area (Å²) < 4.78 is 5.21. The van der Waals surface area contributed by atoms with Gasteiger partial charge in [0.25, 0.3) is 0 Å². The maximum absolute atomic E-state index is 8.42. The summed E-state index contributed by atoms with van der Waals surface area (Å²) in [6.07, 6.45) is 2.49. The van der Waals surface area contributed by atoms with Crippen LogP contribution in [0.5, 0.6) is 5.75 Å². The van der Waals surface area contributed by atoms with Crippen molar-refractivity contribution in [2.45, 2.75) is 12.8 Å². The summed E-state index contributed by atoms with van der Waals surface area (Å²) in [6.45, 7) is 3.39. The molecule has 1 saturated heterocycles. The molecule has 0 aromatic heterocycles. The van der Waals surface area contributed by atoms with Gasteiger partial charge in [-0.15, -0.1) is 0 Å². The molecule has 4 nitrogen and oxygen atoms in total. The topological polar surface area (TPSA) is 57.1 Å². The molecule has 2 rings (SSSR count). The van der Waals surface area contributed by atoms with Crippen molar-refractivity contribution in [2.75, 3.05) is 31.6 Å². The number of hydrogen-bond donors (Lipinski definition) is 2. The van der Waals surface area contributed by atoms with Crippen LogP contribution in [0.4, 0.5) is 5.69 Å². The van der Waals surface area contributed by atoms with Crippen LogP contribution >= 0.6 is 0 Å². The SMILES string of the molecule is N#CCOc1ccc(NCC2CCNCC2)cc1. The first-order chi connectivity index (χ1) is 8.88. The van der Waals surface area contributed by atoms with Gasteiger partial charge >= 0.3 is 0 Å². The van der Waals surface area contributed by atoms with Gasteiger partial charge in [0.15, 0.2) is 6.61 Å². The van der Waals surface area contributed by atoms with Gasteiger partial charge in [0.1, 0.15) is 11.8 Å². The van der Waals surface area contributed by atoms with Crippen LogP contribution in [0.15, 0.2) is 24.3 Å². The smallest absolute Gasteiger partial charge is 0.174 e. The Bertz CT molecular complexity index is 390. The van der Waals surface area contributed by atoms with Crippen molar-refractivity contribution in [1.82, 2.24) is 5.32 Å². The quantitative estimate of drug-likeness (QED) is 0.833. The third-order valence-corrected chi connectivity index (χ3v) is 3.21. The molecule has 4 heteroatoms. The average Bonchev–Trinajstić information content (AvgIpc) is 2.45. The number of ether oxygens (including phenoxy) is 1. The fourth-order valence-electron chi connectivity index (χ4n) is 2.13. The minimum Gasteiger partial charge on any atom is -0.479 e. The highest BCUT2D eigenvalue weighted by Gasteiger charge is 2.12. The molecule has 0 radical (unpaired) electrons. The molecule has 0 bridgehead atoms. The fraction of sp³-hybridized carbons (Fsp3) is 0.500. The molecule has 1 aliphatic heterocycles. The molecule has 0 amide bonds. The number of rotatable bonds is 5. The summed E-state index contributed by atoms with van der Waals surface area (Å²) in [5.74, 6) is 1.50. The highest BCUT2D eigenvalue weighted by atomic mass is 16.5. The molecule has 2 N–H and O–H groups in total. The van der Waals surface area contributed by atoms with Crippen molar-refractivity contribution in [3.63, 3.8) is 0 Å². The van der Waals surface area contributed by atoms with E-state index in [9.17, 15) is 0 Å². The van der Waals surface area contributed by atoms with Crippen molar-refractivity contribution < 1.29 is 4.74 Å². The van der Waals surface area contributed by atoms with Crippen molar-refractivity contribution in [3.05, 3.63) is 24.3 Å². The van der Waals surface area contributed by atoms with Crippen LogP contribution in [0, 0.1) is 17.2 Å². The minimum atomic E-state index is 0.0991. The first kappa shape index (κ1) is 12.7. The number of hydrogen-bond acceptors (Lipinski definition) is 4. The molecule has 0 atom stereocenters. The van der Waals surface area contributed by atoms with Gasteiger partial charge < -0.3 is 15.4 Å². The van der Waals surface area contributed by atoms with E-state index in [1.807, 2.05) is 30.3 Å². The molecule has 0 unspecified atom stereocenters.